The number of hydrogen-bond acceptors (Lipinski definition) is 3. The summed E-state index contributed by atoms with van der Waals surface area (Å²) in [7, 11) is 0. The maximum atomic E-state index is 15.2. The van der Waals surface area contributed by atoms with E-state index in [2.05, 4.69) is 15.1 Å². The molecule has 0 fully saturated rings. The molecule has 1 spiro atoms. The van der Waals surface area contributed by atoms with Gasteiger partial charge in [-0.15, -0.1) is 0 Å². The third-order valence-electron chi connectivity index (χ3n) is 8.28. The summed E-state index contributed by atoms with van der Waals surface area (Å²) in [6.45, 7) is 0. The molecule has 4 heterocycles. The average Bonchev–Trinajstić information content (AvgIpc) is 3.54. The van der Waals surface area contributed by atoms with Crippen LogP contribution in [0.5, 0.6) is 0 Å². The quantitative estimate of drug-likeness (QED) is 0.195. The highest BCUT2D eigenvalue weighted by molar-refractivity contribution is 5.87. The number of nitrogens with zero attached hydrogens (tertiary/aromatic N) is 4. The number of benzene rings is 3. The zero-order valence-corrected chi connectivity index (χ0v) is 22.3. The lowest BCUT2D eigenvalue weighted by atomic mass is 9.74. The molecular formula is C35H20F4N4. The maximum absolute atomic E-state index is 15.2. The highest BCUT2D eigenvalue weighted by atomic mass is 19.4. The van der Waals surface area contributed by atoms with E-state index in [9.17, 15) is 13.2 Å². The first-order valence-electron chi connectivity index (χ1n) is 13.6. The molecule has 6 aromatic rings. The van der Waals surface area contributed by atoms with Crippen LogP contribution >= 0.6 is 0 Å². The van der Waals surface area contributed by atoms with E-state index in [1.54, 1.807) is 30.9 Å². The Balaban J connectivity index is 1.54. The predicted octanol–water partition coefficient (Wildman–Crippen LogP) is 8.47. The summed E-state index contributed by atoms with van der Waals surface area (Å²) in [5.74, 6) is -0.493. The minimum Gasteiger partial charge on any atom is -0.264 e. The standard InChI is InChI=1S/C35H20F4N4/c36-27-11-12-28-31(17-27)34(43-32(28)18-33(42-43)35(37,38)39)29-15-23(25-3-1-13-40-19-25)9-7-21(29)5-6-22-8-10-24(16-30(22)34)26-4-2-14-41-20-26/h1-20H. The Bertz CT molecular complexity index is 1990. The van der Waals surface area contributed by atoms with Gasteiger partial charge in [0, 0.05) is 35.9 Å². The summed E-state index contributed by atoms with van der Waals surface area (Å²) in [6.07, 6.45) is 6.05. The minimum atomic E-state index is -4.68. The van der Waals surface area contributed by atoms with Gasteiger partial charge >= 0.3 is 6.18 Å². The van der Waals surface area contributed by atoms with Crippen LogP contribution < -0.4 is 0 Å². The largest absolute Gasteiger partial charge is 0.435 e. The average molecular weight is 573 g/mol. The fraction of sp³-hybridized carbons (Fsp3) is 0.0571. The van der Waals surface area contributed by atoms with E-state index >= 15 is 4.39 Å². The molecule has 1 aliphatic heterocycles. The zero-order valence-electron chi connectivity index (χ0n) is 22.3. The fourth-order valence-corrected chi connectivity index (χ4v) is 6.42. The third-order valence-corrected chi connectivity index (χ3v) is 8.28. The number of hydrogen-bond donors (Lipinski definition) is 0. The molecule has 2 aliphatic rings. The molecule has 1 aliphatic carbocycles. The summed E-state index contributed by atoms with van der Waals surface area (Å²) >= 11 is 0. The van der Waals surface area contributed by atoms with Crippen molar-refractivity contribution in [1.29, 1.82) is 0 Å². The summed E-state index contributed by atoms with van der Waals surface area (Å²) in [5.41, 5.74) is 5.05. The number of alkyl halides is 3. The Morgan fingerprint density at radius 3 is 1.77 bits per heavy atom. The Labute approximate surface area is 243 Å². The van der Waals surface area contributed by atoms with Crippen LogP contribution in [0, 0.1) is 5.82 Å². The van der Waals surface area contributed by atoms with Crippen LogP contribution in [0.2, 0.25) is 0 Å². The Kier molecular flexibility index (Phi) is 5.34. The molecule has 8 heteroatoms. The zero-order chi connectivity index (χ0) is 29.3. The van der Waals surface area contributed by atoms with Crippen molar-refractivity contribution in [2.24, 2.45) is 0 Å². The molecule has 3 aromatic heterocycles. The maximum Gasteiger partial charge on any atom is 0.435 e. The number of rotatable bonds is 2. The molecule has 0 saturated heterocycles. The Morgan fingerprint density at radius 2 is 1.23 bits per heavy atom. The molecule has 0 N–H and O–H groups in total. The first kappa shape index (κ1) is 25.3. The van der Waals surface area contributed by atoms with Crippen LogP contribution in [0.25, 0.3) is 45.7 Å². The van der Waals surface area contributed by atoms with E-state index in [0.717, 1.165) is 39.4 Å². The Hall–Kier alpha value is -5.37. The number of pyridine rings is 2. The van der Waals surface area contributed by atoms with Crippen molar-refractivity contribution in [2.45, 2.75) is 11.7 Å². The van der Waals surface area contributed by atoms with E-state index < -0.39 is 23.2 Å². The van der Waals surface area contributed by atoms with Gasteiger partial charge in [-0.2, -0.15) is 18.3 Å². The Morgan fingerprint density at radius 1 is 0.628 bits per heavy atom. The fourth-order valence-electron chi connectivity index (χ4n) is 6.42. The van der Waals surface area contributed by atoms with Crippen LogP contribution in [0.15, 0.2) is 110 Å². The van der Waals surface area contributed by atoms with Crippen LogP contribution in [-0.2, 0) is 11.7 Å². The number of aromatic nitrogens is 4. The lowest BCUT2D eigenvalue weighted by Gasteiger charge is -2.35. The normalized spacial score (nSPS) is 14.1. The van der Waals surface area contributed by atoms with Gasteiger partial charge in [0.15, 0.2) is 5.69 Å². The van der Waals surface area contributed by atoms with Gasteiger partial charge in [0.25, 0.3) is 0 Å². The van der Waals surface area contributed by atoms with Gasteiger partial charge in [-0.3, -0.25) is 9.97 Å². The second-order valence-electron chi connectivity index (χ2n) is 10.6. The van der Waals surface area contributed by atoms with Gasteiger partial charge in [-0.05, 0) is 93.0 Å². The third kappa shape index (κ3) is 3.72. The molecule has 43 heavy (non-hydrogen) atoms. The van der Waals surface area contributed by atoms with Crippen molar-refractivity contribution in [3.8, 4) is 33.5 Å². The van der Waals surface area contributed by atoms with Crippen LogP contribution in [0.3, 0.4) is 0 Å². The topological polar surface area (TPSA) is 43.6 Å². The molecule has 4 nitrogen and oxygen atoms in total. The van der Waals surface area contributed by atoms with Crippen molar-refractivity contribution in [1.82, 2.24) is 19.7 Å². The van der Waals surface area contributed by atoms with Crippen LogP contribution in [-0.4, -0.2) is 19.7 Å². The molecule has 3 aromatic carbocycles. The summed E-state index contributed by atoms with van der Waals surface area (Å²) in [4.78, 5) is 8.53. The van der Waals surface area contributed by atoms with Gasteiger partial charge in [-0.25, -0.2) is 9.07 Å². The molecule has 0 amide bonds. The highest BCUT2D eigenvalue weighted by Crippen LogP contribution is 2.56. The van der Waals surface area contributed by atoms with Crippen molar-refractivity contribution in [2.75, 3.05) is 0 Å². The molecule has 0 unspecified atom stereocenters. The summed E-state index contributed by atoms with van der Waals surface area (Å²) < 4.78 is 59.3. The van der Waals surface area contributed by atoms with Crippen molar-refractivity contribution in [3.63, 3.8) is 0 Å². The molecule has 208 valence electrons. The van der Waals surface area contributed by atoms with Crippen molar-refractivity contribution >= 4 is 12.2 Å². The first-order chi connectivity index (χ1) is 20.8. The van der Waals surface area contributed by atoms with E-state index in [-0.39, 0.29) is 5.69 Å². The smallest absolute Gasteiger partial charge is 0.264 e. The molecular weight excluding hydrogens is 552 g/mol. The molecule has 8 rings (SSSR count). The van der Waals surface area contributed by atoms with E-state index in [1.165, 1.54) is 16.8 Å². The lowest BCUT2D eigenvalue weighted by Crippen LogP contribution is -2.37. The predicted molar refractivity (Wildman–Crippen MR) is 156 cm³/mol. The van der Waals surface area contributed by atoms with Gasteiger partial charge in [0.1, 0.15) is 11.4 Å². The molecule has 0 atom stereocenters. The summed E-state index contributed by atoms with van der Waals surface area (Å²) in [6, 6.07) is 24.5. The minimum absolute atomic E-state index is 0.264. The van der Waals surface area contributed by atoms with E-state index in [4.69, 9.17) is 0 Å². The number of halogens is 4. The van der Waals surface area contributed by atoms with E-state index in [1.807, 2.05) is 72.8 Å². The highest BCUT2D eigenvalue weighted by Gasteiger charge is 2.52. The van der Waals surface area contributed by atoms with Crippen molar-refractivity contribution in [3.05, 3.63) is 149 Å². The van der Waals surface area contributed by atoms with Gasteiger partial charge in [0.2, 0.25) is 0 Å². The lowest BCUT2D eigenvalue weighted by molar-refractivity contribution is -0.141. The molecule has 0 bridgehead atoms. The van der Waals surface area contributed by atoms with Gasteiger partial charge in [0.05, 0.1) is 5.69 Å². The van der Waals surface area contributed by atoms with E-state index in [0.29, 0.717) is 22.3 Å². The van der Waals surface area contributed by atoms with Gasteiger partial charge < -0.3 is 0 Å². The second kappa shape index (κ2) is 9.06. The number of fused-ring (bicyclic) bond motifs is 9. The van der Waals surface area contributed by atoms with Crippen LogP contribution in [0.4, 0.5) is 17.6 Å². The molecule has 0 radical (unpaired) electrons. The SMILES string of the molecule is Fc1ccc2c(c1)C1(c3cc(-c4cccnc4)ccc3C=Cc3ccc(-c4cccnc4)cc31)n1nc(C(F)(F)F)cc1-2. The molecule has 0 saturated carbocycles. The first-order valence-corrected chi connectivity index (χ1v) is 13.6. The second-order valence-corrected chi connectivity index (χ2v) is 10.6. The van der Waals surface area contributed by atoms with Gasteiger partial charge in [-0.1, -0.05) is 48.6 Å². The van der Waals surface area contributed by atoms with Crippen LogP contribution in [0.1, 0.15) is 33.5 Å². The summed E-state index contributed by atoms with van der Waals surface area (Å²) in [5, 5.41) is 4.24. The monoisotopic (exact) mass is 572 g/mol. The van der Waals surface area contributed by atoms with Crippen molar-refractivity contribution < 1.29 is 17.6 Å².